The molecule has 1 saturated heterocycles. The van der Waals surface area contributed by atoms with Crippen LogP contribution in [0, 0.1) is 0 Å². The molecule has 1 aliphatic heterocycles. The molecule has 1 fully saturated rings. The van der Waals surface area contributed by atoms with E-state index in [0.29, 0.717) is 18.3 Å². The number of hydrogen-bond acceptors (Lipinski definition) is 4. The summed E-state index contributed by atoms with van der Waals surface area (Å²) in [6.07, 6.45) is 4.23. The van der Waals surface area contributed by atoms with Gasteiger partial charge in [-0.2, -0.15) is 0 Å². The number of benzene rings is 1. The SMILES string of the molecule is O=C(NCCCCN1CCCC1CO)c1cc2ccccc2o1. The first kappa shape index (κ1) is 16.0. The molecule has 0 radical (unpaired) electrons. The van der Waals surface area contributed by atoms with Crippen molar-refractivity contribution < 1.29 is 14.3 Å². The standard InChI is InChI=1S/C18H24N2O3/c21-13-15-7-5-11-20(15)10-4-3-9-19-18(22)17-12-14-6-1-2-8-16(14)23-17/h1-2,6,8,12,15,21H,3-5,7,9-11,13H2,(H,19,22). The molecule has 0 aliphatic carbocycles. The van der Waals surface area contributed by atoms with E-state index in [9.17, 15) is 9.90 Å². The molecule has 1 aromatic heterocycles. The summed E-state index contributed by atoms with van der Waals surface area (Å²) in [6.45, 7) is 2.97. The smallest absolute Gasteiger partial charge is 0.287 e. The van der Waals surface area contributed by atoms with Gasteiger partial charge in [0, 0.05) is 18.0 Å². The monoisotopic (exact) mass is 316 g/mol. The van der Waals surface area contributed by atoms with Crippen molar-refractivity contribution in [2.45, 2.75) is 31.7 Å². The Hall–Kier alpha value is -1.85. The van der Waals surface area contributed by atoms with E-state index in [1.165, 1.54) is 6.42 Å². The number of unbranched alkanes of at least 4 members (excludes halogenated alkanes) is 1. The predicted molar refractivity (Wildman–Crippen MR) is 89.5 cm³/mol. The second-order valence-corrected chi connectivity index (χ2v) is 6.13. The van der Waals surface area contributed by atoms with Crippen molar-refractivity contribution in [1.29, 1.82) is 0 Å². The molecular weight excluding hydrogens is 292 g/mol. The van der Waals surface area contributed by atoms with E-state index in [-0.39, 0.29) is 12.5 Å². The highest BCUT2D eigenvalue weighted by atomic mass is 16.3. The van der Waals surface area contributed by atoms with Crippen LogP contribution in [0.5, 0.6) is 0 Å². The largest absolute Gasteiger partial charge is 0.451 e. The van der Waals surface area contributed by atoms with Gasteiger partial charge in [-0.25, -0.2) is 0 Å². The van der Waals surface area contributed by atoms with Crippen LogP contribution in [0.15, 0.2) is 34.7 Å². The quantitative estimate of drug-likeness (QED) is 0.770. The van der Waals surface area contributed by atoms with Crippen LogP contribution in [0.3, 0.4) is 0 Å². The average Bonchev–Trinajstić information content (AvgIpc) is 3.20. The van der Waals surface area contributed by atoms with Gasteiger partial charge in [0.05, 0.1) is 6.61 Å². The van der Waals surface area contributed by atoms with E-state index in [1.807, 2.05) is 24.3 Å². The summed E-state index contributed by atoms with van der Waals surface area (Å²) in [4.78, 5) is 14.4. The number of nitrogens with one attached hydrogen (secondary N) is 1. The summed E-state index contributed by atoms with van der Waals surface area (Å²) in [6, 6.07) is 9.73. The van der Waals surface area contributed by atoms with Crippen molar-refractivity contribution in [2.75, 3.05) is 26.2 Å². The van der Waals surface area contributed by atoms with Gasteiger partial charge in [0.1, 0.15) is 5.58 Å². The van der Waals surface area contributed by atoms with E-state index >= 15 is 0 Å². The fraction of sp³-hybridized carbons (Fsp3) is 0.500. The normalized spacial score (nSPS) is 18.6. The lowest BCUT2D eigenvalue weighted by atomic mass is 10.2. The minimum Gasteiger partial charge on any atom is -0.451 e. The maximum atomic E-state index is 12.1. The maximum Gasteiger partial charge on any atom is 0.287 e. The lowest BCUT2D eigenvalue weighted by molar-refractivity contribution is 0.0926. The number of amides is 1. The van der Waals surface area contributed by atoms with Crippen LogP contribution in [0.25, 0.3) is 11.0 Å². The zero-order valence-electron chi connectivity index (χ0n) is 13.3. The Kier molecular flexibility index (Phi) is 5.31. The summed E-state index contributed by atoms with van der Waals surface area (Å²) >= 11 is 0. The van der Waals surface area contributed by atoms with Crippen LogP contribution >= 0.6 is 0 Å². The van der Waals surface area contributed by atoms with Gasteiger partial charge in [0.2, 0.25) is 0 Å². The fourth-order valence-electron chi connectivity index (χ4n) is 3.22. The number of para-hydroxylation sites is 1. The molecule has 1 amide bonds. The van der Waals surface area contributed by atoms with Crippen LogP contribution in [0.1, 0.15) is 36.2 Å². The minimum atomic E-state index is -0.157. The van der Waals surface area contributed by atoms with Gasteiger partial charge in [0.15, 0.2) is 5.76 Å². The molecule has 5 nitrogen and oxygen atoms in total. The van der Waals surface area contributed by atoms with E-state index in [0.717, 1.165) is 43.3 Å². The predicted octanol–water partition coefficient (Wildman–Crippen LogP) is 2.40. The summed E-state index contributed by atoms with van der Waals surface area (Å²) < 4.78 is 5.55. The van der Waals surface area contributed by atoms with E-state index < -0.39 is 0 Å². The van der Waals surface area contributed by atoms with Crippen LogP contribution in [0.2, 0.25) is 0 Å². The highest BCUT2D eigenvalue weighted by Crippen LogP contribution is 2.19. The third-order valence-corrected chi connectivity index (χ3v) is 4.52. The van der Waals surface area contributed by atoms with Crippen molar-refractivity contribution >= 4 is 16.9 Å². The Morgan fingerprint density at radius 3 is 3.04 bits per heavy atom. The number of fused-ring (bicyclic) bond motifs is 1. The Morgan fingerprint density at radius 1 is 1.35 bits per heavy atom. The number of rotatable bonds is 7. The molecule has 2 N–H and O–H groups in total. The van der Waals surface area contributed by atoms with Gasteiger partial charge >= 0.3 is 0 Å². The Bertz CT molecular complexity index is 620. The average molecular weight is 316 g/mol. The molecule has 1 aliphatic rings. The highest BCUT2D eigenvalue weighted by molar-refractivity contribution is 5.95. The first-order chi connectivity index (χ1) is 11.3. The summed E-state index contributed by atoms with van der Waals surface area (Å²) in [7, 11) is 0. The molecule has 1 aromatic carbocycles. The molecule has 0 bridgehead atoms. The number of aliphatic hydroxyl groups is 1. The van der Waals surface area contributed by atoms with Gasteiger partial charge in [-0.1, -0.05) is 18.2 Å². The number of likely N-dealkylation sites (tertiary alicyclic amines) is 1. The van der Waals surface area contributed by atoms with Gasteiger partial charge < -0.3 is 14.8 Å². The minimum absolute atomic E-state index is 0.157. The first-order valence-electron chi connectivity index (χ1n) is 8.39. The van der Waals surface area contributed by atoms with Gasteiger partial charge in [-0.15, -0.1) is 0 Å². The molecule has 1 atom stereocenters. The highest BCUT2D eigenvalue weighted by Gasteiger charge is 2.22. The summed E-state index contributed by atoms with van der Waals surface area (Å²) in [5.74, 6) is 0.210. The number of nitrogens with zero attached hydrogens (tertiary/aromatic N) is 1. The molecule has 2 aromatic rings. The van der Waals surface area contributed by atoms with Crippen molar-refractivity contribution in [3.05, 3.63) is 36.1 Å². The van der Waals surface area contributed by atoms with E-state index in [1.54, 1.807) is 6.07 Å². The molecular formula is C18H24N2O3. The number of carbonyl (C=O) groups excluding carboxylic acids is 1. The first-order valence-corrected chi connectivity index (χ1v) is 8.39. The van der Waals surface area contributed by atoms with Crippen molar-refractivity contribution in [3.63, 3.8) is 0 Å². The second kappa shape index (κ2) is 7.62. The van der Waals surface area contributed by atoms with E-state index in [2.05, 4.69) is 10.2 Å². The molecule has 3 rings (SSSR count). The van der Waals surface area contributed by atoms with Crippen LogP contribution in [0.4, 0.5) is 0 Å². The Balaban J connectivity index is 1.39. The lowest BCUT2D eigenvalue weighted by Gasteiger charge is -2.22. The lowest BCUT2D eigenvalue weighted by Crippen LogP contribution is -2.33. The molecule has 0 spiro atoms. The van der Waals surface area contributed by atoms with Crippen LogP contribution in [-0.4, -0.2) is 48.2 Å². The molecule has 2 heterocycles. The number of aliphatic hydroxyl groups excluding tert-OH is 1. The van der Waals surface area contributed by atoms with Gasteiger partial charge in [-0.3, -0.25) is 9.69 Å². The number of carbonyl (C=O) groups is 1. The third kappa shape index (κ3) is 3.92. The molecule has 23 heavy (non-hydrogen) atoms. The van der Waals surface area contributed by atoms with Crippen molar-refractivity contribution in [2.24, 2.45) is 0 Å². The topological polar surface area (TPSA) is 65.7 Å². The van der Waals surface area contributed by atoms with Crippen LogP contribution < -0.4 is 5.32 Å². The molecule has 0 saturated carbocycles. The molecule has 5 heteroatoms. The Labute approximate surface area is 136 Å². The number of hydrogen-bond donors (Lipinski definition) is 2. The third-order valence-electron chi connectivity index (χ3n) is 4.52. The zero-order valence-corrected chi connectivity index (χ0v) is 13.3. The second-order valence-electron chi connectivity index (χ2n) is 6.13. The summed E-state index contributed by atoms with van der Waals surface area (Å²) in [5.41, 5.74) is 0.738. The van der Waals surface area contributed by atoms with Crippen molar-refractivity contribution in [1.82, 2.24) is 10.2 Å². The van der Waals surface area contributed by atoms with Crippen LogP contribution in [-0.2, 0) is 0 Å². The fourth-order valence-corrected chi connectivity index (χ4v) is 3.22. The number of furan rings is 1. The van der Waals surface area contributed by atoms with Gasteiger partial charge in [-0.05, 0) is 50.9 Å². The van der Waals surface area contributed by atoms with Crippen molar-refractivity contribution in [3.8, 4) is 0 Å². The summed E-state index contributed by atoms with van der Waals surface area (Å²) in [5, 5.41) is 13.1. The molecule has 1 unspecified atom stereocenters. The molecule has 124 valence electrons. The zero-order chi connectivity index (χ0) is 16.1. The Morgan fingerprint density at radius 2 is 2.22 bits per heavy atom. The van der Waals surface area contributed by atoms with Gasteiger partial charge in [0.25, 0.3) is 5.91 Å². The maximum absolute atomic E-state index is 12.1. The van der Waals surface area contributed by atoms with E-state index in [4.69, 9.17) is 4.42 Å².